The van der Waals surface area contributed by atoms with Gasteiger partial charge in [-0.05, 0) is 36.6 Å². The molecule has 0 saturated heterocycles. The molecule has 0 amide bonds. The minimum atomic E-state index is 0. The van der Waals surface area contributed by atoms with Gasteiger partial charge in [0.2, 0.25) is 0 Å². The van der Waals surface area contributed by atoms with Gasteiger partial charge in [0.25, 0.3) is 0 Å². The van der Waals surface area contributed by atoms with Crippen LogP contribution in [0.5, 0.6) is 5.75 Å². The second-order valence-corrected chi connectivity index (χ2v) is 8.05. The SMILES string of the molecule is CCNC(=NCc1ccc(COc2ccccc2)cc1)NC1CCc2nc(COC)nn2C1.I. The predicted octanol–water partition coefficient (Wildman–Crippen LogP) is 3.69. The molecule has 4 rings (SSSR count). The number of hydrogen-bond acceptors (Lipinski definition) is 5. The Kier molecular flexibility index (Phi) is 10.1. The Labute approximate surface area is 218 Å². The zero-order valence-corrected chi connectivity index (χ0v) is 22.1. The van der Waals surface area contributed by atoms with E-state index in [-0.39, 0.29) is 30.0 Å². The normalized spacial score (nSPS) is 15.2. The molecule has 3 aromatic rings. The highest BCUT2D eigenvalue weighted by atomic mass is 127. The fourth-order valence-corrected chi connectivity index (χ4v) is 3.78. The lowest BCUT2D eigenvalue weighted by atomic mass is 10.1. The van der Waals surface area contributed by atoms with Crippen LogP contribution in [0.25, 0.3) is 0 Å². The first-order valence-corrected chi connectivity index (χ1v) is 11.5. The number of benzene rings is 2. The summed E-state index contributed by atoms with van der Waals surface area (Å²) in [6.45, 7) is 5.25. The zero-order valence-electron chi connectivity index (χ0n) is 19.7. The van der Waals surface area contributed by atoms with Crippen molar-refractivity contribution in [3.63, 3.8) is 0 Å². The molecule has 1 unspecified atom stereocenters. The summed E-state index contributed by atoms with van der Waals surface area (Å²) in [5.41, 5.74) is 2.29. The van der Waals surface area contributed by atoms with Crippen molar-refractivity contribution in [1.29, 1.82) is 0 Å². The highest BCUT2D eigenvalue weighted by molar-refractivity contribution is 14.0. The van der Waals surface area contributed by atoms with Crippen molar-refractivity contribution in [1.82, 2.24) is 25.4 Å². The topological polar surface area (TPSA) is 85.6 Å². The van der Waals surface area contributed by atoms with E-state index in [2.05, 4.69) is 51.9 Å². The van der Waals surface area contributed by atoms with E-state index in [1.807, 2.05) is 35.0 Å². The molecule has 0 spiro atoms. The third-order valence-corrected chi connectivity index (χ3v) is 5.45. The predicted molar refractivity (Wildman–Crippen MR) is 143 cm³/mol. The van der Waals surface area contributed by atoms with E-state index in [0.29, 0.717) is 19.8 Å². The molecule has 0 bridgehead atoms. The van der Waals surface area contributed by atoms with Gasteiger partial charge in [-0.3, -0.25) is 0 Å². The molecule has 2 N–H and O–H groups in total. The number of aryl methyl sites for hydroxylation is 1. The number of aliphatic imine (C=N–C) groups is 1. The Hall–Kier alpha value is -2.66. The number of ether oxygens (including phenoxy) is 2. The van der Waals surface area contributed by atoms with E-state index in [1.165, 1.54) is 0 Å². The maximum absolute atomic E-state index is 5.82. The van der Waals surface area contributed by atoms with Crippen molar-refractivity contribution in [3.8, 4) is 5.75 Å². The summed E-state index contributed by atoms with van der Waals surface area (Å²) < 4.78 is 13.0. The molecule has 2 heterocycles. The van der Waals surface area contributed by atoms with Crippen LogP contribution in [0.1, 0.15) is 36.1 Å². The summed E-state index contributed by atoms with van der Waals surface area (Å²) >= 11 is 0. The summed E-state index contributed by atoms with van der Waals surface area (Å²) in [6.07, 6.45) is 1.88. The quantitative estimate of drug-likeness (QED) is 0.230. The molecule has 0 fully saturated rings. The number of methoxy groups -OCH3 is 1. The van der Waals surface area contributed by atoms with E-state index in [1.54, 1.807) is 7.11 Å². The van der Waals surface area contributed by atoms with Gasteiger partial charge >= 0.3 is 0 Å². The van der Waals surface area contributed by atoms with Gasteiger partial charge in [-0.1, -0.05) is 42.5 Å². The minimum Gasteiger partial charge on any atom is -0.489 e. The molecule has 8 nitrogen and oxygen atoms in total. The van der Waals surface area contributed by atoms with Gasteiger partial charge in [-0.15, -0.1) is 24.0 Å². The molecule has 1 aromatic heterocycles. The minimum absolute atomic E-state index is 0. The van der Waals surface area contributed by atoms with E-state index in [0.717, 1.165) is 60.4 Å². The van der Waals surface area contributed by atoms with Gasteiger partial charge in [0, 0.05) is 26.1 Å². The third kappa shape index (κ3) is 7.42. The van der Waals surface area contributed by atoms with Gasteiger partial charge in [0.1, 0.15) is 24.8 Å². The van der Waals surface area contributed by atoms with Crippen LogP contribution in [0.3, 0.4) is 0 Å². The first-order valence-electron chi connectivity index (χ1n) is 11.5. The smallest absolute Gasteiger partial charge is 0.191 e. The van der Waals surface area contributed by atoms with Crippen molar-refractivity contribution in [2.75, 3.05) is 13.7 Å². The van der Waals surface area contributed by atoms with E-state index in [4.69, 9.17) is 14.5 Å². The molecule has 0 saturated carbocycles. The van der Waals surface area contributed by atoms with Gasteiger partial charge in [0.05, 0.1) is 13.1 Å². The van der Waals surface area contributed by atoms with E-state index in [9.17, 15) is 0 Å². The average molecular weight is 576 g/mol. The molecule has 1 atom stereocenters. The fraction of sp³-hybridized carbons (Fsp3) is 0.400. The maximum Gasteiger partial charge on any atom is 0.191 e. The Bertz CT molecular complexity index is 1040. The number of para-hydroxylation sites is 1. The lowest BCUT2D eigenvalue weighted by Crippen LogP contribution is -2.47. The first-order chi connectivity index (χ1) is 16.2. The van der Waals surface area contributed by atoms with Crippen LogP contribution in [0.15, 0.2) is 59.6 Å². The van der Waals surface area contributed by atoms with Crippen LogP contribution in [0.4, 0.5) is 0 Å². The average Bonchev–Trinajstić information content (AvgIpc) is 3.25. The van der Waals surface area contributed by atoms with E-state index >= 15 is 0 Å². The first kappa shape index (κ1) is 26.0. The Morgan fingerprint density at radius 1 is 1.09 bits per heavy atom. The molecule has 34 heavy (non-hydrogen) atoms. The molecular formula is C25H33IN6O2. The van der Waals surface area contributed by atoms with Crippen molar-refractivity contribution >= 4 is 29.9 Å². The van der Waals surface area contributed by atoms with Crippen LogP contribution in [-0.4, -0.2) is 40.4 Å². The van der Waals surface area contributed by atoms with Crippen molar-refractivity contribution in [2.24, 2.45) is 4.99 Å². The Morgan fingerprint density at radius 3 is 2.59 bits per heavy atom. The number of guanidine groups is 1. The lowest BCUT2D eigenvalue weighted by molar-refractivity contribution is 0.177. The van der Waals surface area contributed by atoms with Crippen LogP contribution >= 0.6 is 24.0 Å². The highest BCUT2D eigenvalue weighted by Gasteiger charge is 2.22. The standard InChI is InChI=1S/C25H32N6O2.HI/c1-3-26-25(28-21-13-14-24-29-23(18-32-2)30-31(24)16-21)27-15-19-9-11-20(12-10-19)17-33-22-7-5-4-6-8-22;/h4-12,21H,3,13-18H2,1-2H3,(H2,26,27,28);1H. The van der Waals surface area contributed by atoms with Gasteiger partial charge in [-0.2, -0.15) is 5.10 Å². The van der Waals surface area contributed by atoms with Crippen molar-refractivity contribution < 1.29 is 9.47 Å². The second-order valence-electron chi connectivity index (χ2n) is 8.05. The van der Waals surface area contributed by atoms with Gasteiger partial charge < -0.3 is 20.1 Å². The van der Waals surface area contributed by atoms with Crippen LogP contribution in [0.2, 0.25) is 0 Å². The molecule has 1 aliphatic rings. The van der Waals surface area contributed by atoms with Gasteiger partial charge in [-0.25, -0.2) is 14.7 Å². The maximum atomic E-state index is 5.82. The monoisotopic (exact) mass is 576 g/mol. The van der Waals surface area contributed by atoms with Crippen LogP contribution in [0, 0.1) is 0 Å². The molecule has 182 valence electrons. The summed E-state index contributed by atoms with van der Waals surface area (Å²) in [7, 11) is 1.66. The number of hydrogen-bond donors (Lipinski definition) is 2. The molecule has 0 radical (unpaired) electrons. The molecule has 0 aliphatic carbocycles. The number of fused-ring (bicyclic) bond motifs is 1. The number of nitrogens with one attached hydrogen (secondary N) is 2. The second kappa shape index (κ2) is 13.3. The van der Waals surface area contributed by atoms with E-state index < -0.39 is 0 Å². The molecule has 9 heteroatoms. The van der Waals surface area contributed by atoms with Crippen LogP contribution < -0.4 is 15.4 Å². The molecule has 1 aliphatic heterocycles. The van der Waals surface area contributed by atoms with Crippen molar-refractivity contribution in [2.45, 2.75) is 52.1 Å². The lowest BCUT2D eigenvalue weighted by Gasteiger charge is -2.25. The number of aromatic nitrogens is 3. The van der Waals surface area contributed by atoms with Crippen LogP contribution in [-0.2, 0) is 37.5 Å². The number of nitrogens with zero attached hydrogens (tertiary/aromatic N) is 4. The largest absolute Gasteiger partial charge is 0.489 e. The summed E-state index contributed by atoms with van der Waals surface area (Å²) in [4.78, 5) is 9.34. The third-order valence-electron chi connectivity index (χ3n) is 5.45. The zero-order chi connectivity index (χ0) is 22.9. The fourth-order valence-electron chi connectivity index (χ4n) is 3.78. The summed E-state index contributed by atoms with van der Waals surface area (Å²) in [5.74, 6) is 3.47. The number of rotatable bonds is 9. The number of halogens is 1. The molecular weight excluding hydrogens is 543 g/mol. The summed E-state index contributed by atoms with van der Waals surface area (Å²) in [6, 6.07) is 18.5. The van der Waals surface area contributed by atoms with Gasteiger partial charge in [0.15, 0.2) is 11.8 Å². The molecule has 2 aromatic carbocycles. The summed E-state index contributed by atoms with van der Waals surface area (Å²) in [5, 5.41) is 11.5. The highest BCUT2D eigenvalue weighted by Crippen LogP contribution is 2.14. The Balaban J connectivity index is 0.00000324. The van der Waals surface area contributed by atoms with Crippen molar-refractivity contribution in [3.05, 3.63) is 77.4 Å². The Morgan fingerprint density at radius 2 is 1.85 bits per heavy atom.